The quantitative estimate of drug-likeness (QED) is 0.721. The molecule has 0 aliphatic carbocycles. The van der Waals surface area contributed by atoms with Gasteiger partial charge in [-0.25, -0.2) is 9.59 Å². The number of carbonyl (C=O) groups excluding carboxylic acids is 1. The number of benzene rings is 1. The second-order valence-corrected chi connectivity index (χ2v) is 5.53. The number of urea groups is 1. The van der Waals surface area contributed by atoms with Gasteiger partial charge in [0.1, 0.15) is 6.04 Å². The maximum Gasteiger partial charge on any atom is 0.326 e. The smallest absolute Gasteiger partial charge is 0.326 e. The van der Waals surface area contributed by atoms with Crippen molar-refractivity contribution in [2.45, 2.75) is 46.1 Å². The van der Waals surface area contributed by atoms with E-state index in [-0.39, 0.29) is 5.92 Å². The number of aryl methyl sites for hydroxylation is 1. The van der Waals surface area contributed by atoms with Crippen LogP contribution in [0.1, 0.15) is 39.2 Å². The predicted molar refractivity (Wildman–Crippen MR) is 83.5 cm³/mol. The van der Waals surface area contributed by atoms with Crippen molar-refractivity contribution in [1.29, 1.82) is 0 Å². The number of hydrogen-bond donors (Lipinski definition) is 3. The molecule has 116 valence electrons. The topological polar surface area (TPSA) is 78.4 Å². The summed E-state index contributed by atoms with van der Waals surface area (Å²) in [4.78, 5) is 23.1. The summed E-state index contributed by atoms with van der Waals surface area (Å²) in [6.45, 7) is 5.91. The van der Waals surface area contributed by atoms with Crippen molar-refractivity contribution in [3.8, 4) is 0 Å². The Morgan fingerprint density at radius 2 is 1.90 bits per heavy atom. The predicted octanol–water partition coefficient (Wildman–Crippen LogP) is 3.26. The summed E-state index contributed by atoms with van der Waals surface area (Å²) >= 11 is 0. The fourth-order valence-corrected chi connectivity index (χ4v) is 2.14. The molecule has 0 saturated heterocycles. The Kier molecular flexibility index (Phi) is 6.72. The monoisotopic (exact) mass is 292 g/mol. The number of aliphatic carboxylic acids is 1. The highest BCUT2D eigenvalue weighted by Gasteiger charge is 2.21. The van der Waals surface area contributed by atoms with E-state index in [1.54, 1.807) is 0 Å². The van der Waals surface area contributed by atoms with E-state index < -0.39 is 18.0 Å². The lowest BCUT2D eigenvalue weighted by atomic mass is 10.0. The largest absolute Gasteiger partial charge is 0.480 e. The van der Waals surface area contributed by atoms with E-state index >= 15 is 0 Å². The molecular formula is C16H24N2O3. The molecule has 0 fully saturated rings. The van der Waals surface area contributed by atoms with Crippen LogP contribution in [0.5, 0.6) is 0 Å². The second kappa shape index (κ2) is 8.29. The van der Waals surface area contributed by atoms with Crippen LogP contribution in [0.2, 0.25) is 0 Å². The van der Waals surface area contributed by atoms with Crippen LogP contribution >= 0.6 is 0 Å². The maximum absolute atomic E-state index is 12.0. The summed E-state index contributed by atoms with van der Waals surface area (Å²) < 4.78 is 0. The Labute approximate surface area is 125 Å². The normalized spacial score (nSPS) is 12.0. The molecule has 0 aromatic heterocycles. The van der Waals surface area contributed by atoms with Gasteiger partial charge in [0.25, 0.3) is 0 Å². The molecule has 5 nitrogen and oxygen atoms in total. The average molecular weight is 292 g/mol. The summed E-state index contributed by atoms with van der Waals surface area (Å²) in [6.07, 6.45) is 2.25. The van der Waals surface area contributed by atoms with Crippen LogP contribution in [0.15, 0.2) is 24.3 Å². The van der Waals surface area contributed by atoms with Crippen molar-refractivity contribution >= 4 is 17.7 Å². The third kappa shape index (κ3) is 5.85. The molecule has 0 aliphatic heterocycles. The van der Waals surface area contributed by atoms with Crippen LogP contribution < -0.4 is 10.6 Å². The molecule has 0 unspecified atom stereocenters. The van der Waals surface area contributed by atoms with Gasteiger partial charge in [-0.3, -0.25) is 0 Å². The molecule has 1 aromatic carbocycles. The SMILES string of the molecule is CCCc1ccccc1NC(=O)N[C@@H](CC(C)C)C(=O)O. The van der Waals surface area contributed by atoms with Gasteiger partial charge in [-0.15, -0.1) is 0 Å². The fourth-order valence-electron chi connectivity index (χ4n) is 2.14. The number of para-hydroxylation sites is 1. The molecule has 1 atom stereocenters. The van der Waals surface area contributed by atoms with Crippen LogP contribution in [-0.4, -0.2) is 23.1 Å². The van der Waals surface area contributed by atoms with Crippen LogP contribution in [0, 0.1) is 5.92 Å². The third-order valence-corrected chi connectivity index (χ3v) is 3.10. The van der Waals surface area contributed by atoms with Gasteiger partial charge in [0, 0.05) is 5.69 Å². The highest BCUT2D eigenvalue weighted by Crippen LogP contribution is 2.16. The lowest BCUT2D eigenvalue weighted by Crippen LogP contribution is -2.43. The molecule has 2 amide bonds. The molecule has 21 heavy (non-hydrogen) atoms. The van der Waals surface area contributed by atoms with E-state index in [0.29, 0.717) is 6.42 Å². The van der Waals surface area contributed by atoms with Gasteiger partial charge in [-0.1, -0.05) is 45.4 Å². The van der Waals surface area contributed by atoms with Gasteiger partial charge in [0.2, 0.25) is 0 Å². The lowest BCUT2D eigenvalue weighted by molar-refractivity contribution is -0.139. The number of amides is 2. The van der Waals surface area contributed by atoms with E-state index in [0.717, 1.165) is 24.1 Å². The number of rotatable bonds is 7. The Morgan fingerprint density at radius 1 is 1.24 bits per heavy atom. The van der Waals surface area contributed by atoms with E-state index in [1.807, 2.05) is 38.1 Å². The Bertz CT molecular complexity index is 486. The summed E-state index contributed by atoms with van der Waals surface area (Å²) in [7, 11) is 0. The number of carboxylic acids is 1. The molecule has 0 radical (unpaired) electrons. The maximum atomic E-state index is 12.0. The molecule has 1 rings (SSSR count). The molecule has 0 heterocycles. The summed E-state index contributed by atoms with van der Waals surface area (Å²) in [5.74, 6) is -0.820. The Hall–Kier alpha value is -2.04. The van der Waals surface area contributed by atoms with Crippen LogP contribution in [0.3, 0.4) is 0 Å². The Balaban J connectivity index is 2.70. The number of anilines is 1. The van der Waals surface area contributed by atoms with Gasteiger partial charge in [-0.05, 0) is 30.4 Å². The van der Waals surface area contributed by atoms with Gasteiger partial charge in [-0.2, -0.15) is 0 Å². The molecular weight excluding hydrogens is 268 g/mol. The molecule has 5 heteroatoms. The minimum atomic E-state index is -1.01. The third-order valence-electron chi connectivity index (χ3n) is 3.10. The summed E-state index contributed by atoms with van der Waals surface area (Å²) in [5, 5.41) is 14.4. The second-order valence-electron chi connectivity index (χ2n) is 5.53. The standard InChI is InChI=1S/C16H24N2O3/c1-4-7-12-8-5-6-9-13(12)17-16(21)18-14(15(19)20)10-11(2)3/h5-6,8-9,11,14H,4,7,10H2,1-3H3,(H,19,20)(H2,17,18,21)/t14-/m0/s1. The number of carbonyl (C=O) groups is 2. The van der Waals surface area contributed by atoms with Crippen molar-refractivity contribution in [2.75, 3.05) is 5.32 Å². The van der Waals surface area contributed by atoms with E-state index in [1.165, 1.54) is 0 Å². The molecule has 1 aromatic rings. The van der Waals surface area contributed by atoms with E-state index in [4.69, 9.17) is 5.11 Å². The molecule has 0 bridgehead atoms. The van der Waals surface area contributed by atoms with Crippen molar-refractivity contribution < 1.29 is 14.7 Å². The minimum absolute atomic E-state index is 0.193. The van der Waals surface area contributed by atoms with Crippen molar-refractivity contribution in [3.05, 3.63) is 29.8 Å². The summed E-state index contributed by atoms with van der Waals surface area (Å²) in [6, 6.07) is 6.20. The fraction of sp³-hybridized carbons (Fsp3) is 0.500. The first-order chi connectivity index (χ1) is 9.93. The minimum Gasteiger partial charge on any atom is -0.480 e. The van der Waals surface area contributed by atoms with Crippen molar-refractivity contribution in [1.82, 2.24) is 5.32 Å². The summed E-state index contributed by atoms with van der Waals surface area (Å²) in [5.41, 5.74) is 1.77. The number of nitrogens with one attached hydrogen (secondary N) is 2. The van der Waals surface area contributed by atoms with Gasteiger partial charge in [0.05, 0.1) is 0 Å². The van der Waals surface area contributed by atoms with Crippen LogP contribution in [0.25, 0.3) is 0 Å². The van der Waals surface area contributed by atoms with Crippen molar-refractivity contribution in [2.24, 2.45) is 5.92 Å². The molecule has 3 N–H and O–H groups in total. The zero-order valence-corrected chi connectivity index (χ0v) is 12.8. The van der Waals surface area contributed by atoms with E-state index in [9.17, 15) is 9.59 Å². The molecule has 0 aliphatic rings. The first-order valence-corrected chi connectivity index (χ1v) is 7.32. The van der Waals surface area contributed by atoms with Gasteiger partial charge < -0.3 is 15.7 Å². The van der Waals surface area contributed by atoms with Gasteiger partial charge in [0.15, 0.2) is 0 Å². The van der Waals surface area contributed by atoms with E-state index in [2.05, 4.69) is 17.6 Å². The first kappa shape index (κ1) is 17.0. The zero-order valence-electron chi connectivity index (χ0n) is 12.8. The zero-order chi connectivity index (χ0) is 15.8. The van der Waals surface area contributed by atoms with Gasteiger partial charge >= 0.3 is 12.0 Å². The highest BCUT2D eigenvalue weighted by atomic mass is 16.4. The first-order valence-electron chi connectivity index (χ1n) is 7.32. The Morgan fingerprint density at radius 3 is 2.48 bits per heavy atom. The number of hydrogen-bond acceptors (Lipinski definition) is 2. The number of carboxylic acid groups (broad SMARTS) is 1. The lowest BCUT2D eigenvalue weighted by Gasteiger charge is -2.18. The molecule has 0 saturated carbocycles. The van der Waals surface area contributed by atoms with Crippen LogP contribution in [0.4, 0.5) is 10.5 Å². The molecule has 0 spiro atoms. The average Bonchev–Trinajstić information content (AvgIpc) is 2.40. The van der Waals surface area contributed by atoms with Crippen LogP contribution in [-0.2, 0) is 11.2 Å². The van der Waals surface area contributed by atoms with Crippen molar-refractivity contribution in [3.63, 3.8) is 0 Å². The highest BCUT2D eigenvalue weighted by molar-refractivity contribution is 5.92.